The van der Waals surface area contributed by atoms with Crippen LogP contribution in [0.1, 0.15) is 39.1 Å². The summed E-state index contributed by atoms with van der Waals surface area (Å²) in [5.41, 5.74) is 8.64. The maximum atomic E-state index is 6.25. The zero-order valence-electron chi connectivity index (χ0n) is 12.4. The fraction of sp³-hybridized carbons (Fsp3) is 0.786. The first kappa shape index (κ1) is 17.1. The van der Waals surface area contributed by atoms with E-state index in [9.17, 15) is 0 Å². The van der Waals surface area contributed by atoms with Gasteiger partial charge in [-0.25, -0.2) is 0 Å². The molecule has 1 atom stereocenters. The SMILES string of the molecule is CCc1nn(CC)c(CC(N)CSCC(C)C)c1Br. The molecule has 1 aromatic rings. The zero-order valence-corrected chi connectivity index (χ0v) is 14.9. The third kappa shape index (κ3) is 5.12. The Bertz CT molecular complexity index is 390. The average Bonchev–Trinajstić information content (AvgIpc) is 2.66. The summed E-state index contributed by atoms with van der Waals surface area (Å²) in [5, 5.41) is 4.62. The van der Waals surface area contributed by atoms with Gasteiger partial charge in [0.25, 0.3) is 0 Å². The second-order valence-corrected chi connectivity index (χ2v) is 7.14. The molecule has 110 valence electrons. The van der Waals surface area contributed by atoms with Crippen LogP contribution in [0.5, 0.6) is 0 Å². The molecule has 1 heterocycles. The normalized spacial score (nSPS) is 13.2. The number of nitrogens with two attached hydrogens (primary N) is 1. The molecule has 1 unspecified atom stereocenters. The van der Waals surface area contributed by atoms with Crippen LogP contribution in [0, 0.1) is 5.92 Å². The minimum Gasteiger partial charge on any atom is -0.327 e. The van der Waals surface area contributed by atoms with E-state index in [1.807, 2.05) is 11.8 Å². The molecule has 0 fully saturated rings. The van der Waals surface area contributed by atoms with E-state index in [2.05, 4.69) is 53.4 Å². The first-order valence-electron chi connectivity index (χ1n) is 7.06. The van der Waals surface area contributed by atoms with Gasteiger partial charge in [-0.3, -0.25) is 4.68 Å². The molecule has 0 spiro atoms. The second-order valence-electron chi connectivity index (χ2n) is 5.27. The Kier molecular flexibility index (Phi) is 7.47. The molecule has 3 nitrogen and oxygen atoms in total. The quantitative estimate of drug-likeness (QED) is 0.782. The van der Waals surface area contributed by atoms with Gasteiger partial charge in [0.15, 0.2) is 0 Å². The van der Waals surface area contributed by atoms with Gasteiger partial charge in [-0.15, -0.1) is 0 Å². The smallest absolute Gasteiger partial charge is 0.0766 e. The van der Waals surface area contributed by atoms with Crippen LogP contribution in [-0.2, 0) is 19.4 Å². The lowest BCUT2D eigenvalue weighted by atomic mass is 10.2. The van der Waals surface area contributed by atoms with E-state index >= 15 is 0 Å². The van der Waals surface area contributed by atoms with Gasteiger partial charge in [-0.1, -0.05) is 20.8 Å². The fourth-order valence-corrected chi connectivity index (χ4v) is 3.73. The van der Waals surface area contributed by atoms with Gasteiger partial charge in [-0.05, 0) is 40.9 Å². The van der Waals surface area contributed by atoms with Crippen LogP contribution in [-0.4, -0.2) is 27.3 Å². The number of nitrogens with zero attached hydrogens (tertiary/aromatic N) is 2. The topological polar surface area (TPSA) is 43.8 Å². The van der Waals surface area contributed by atoms with Gasteiger partial charge in [0.2, 0.25) is 0 Å². The molecule has 0 saturated heterocycles. The van der Waals surface area contributed by atoms with Crippen molar-refractivity contribution in [3.05, 3.63) is 15.9 Å². The fourth-order valence-electron chi connectivity index (χ4n) is 1.97. The van der Waals surface area contributed by atoms with Gasteiger partial charge in [0, 0.05) is 24.8 Å². The molecule has 0 aromatic carbocycles. The van der Waals surface area contributed by atoms with Crippen molar-refractivity contribution in [2.75, 3.05) is 11.5 Å². The summed E-state index contributed by atoms with van der Waals surface area (Å²) < 4.78 is 3.23. The molecular weight excluding hydrogens is 322 g/mol. The predicted molar refractivity (Wildman–Crippen MR) is 88.8 cm³/mol. The highest BCUT2D eigenvalue weighted by atomic mass is 79.9. The zero-order chi connectivity index (χ0) is 14.4. The molecule has 0 radical (unpaired) electrons. The molecule has 1 rings (SSSR count). The van der Waals surface area contributed by atoms with Crippen LogP contribution in [0.3, 0.4) is 0 Å². The van der Waals surface area contributed by atoms with Gasteiger partial charge in [0.1, 0.15) is 0 Å². The van der Waals surface area contributed by atoms with Gasteiger partial charge < -0.3 is 5.73 Å². The van der Waals surface area contributed by atoms with Crippen molar-refractivity contribution in [1.29, 1.82) is 0 Å². The molecule has 2 N–H and O–H groups in total. The Balaban J connectivity index is 2.62. The van der Waals surface area contributed by atoms with Crippen molar-refractivity contribution in [2.45, 2.75) is 53.1 Å². The maximum absolute atomic E-state index is 6.25. The molecule has 1 aromatic heterocycles. The summed E-state index contributed by atoms with van der Waals surface area (Å²) in [5.74, 6) is 2.93. The van der Waals surface area contributed by atoms with Crippen molar-refractivity contribution in [3.63, 3.8) is 0 Å². The van der Waals surface area contributed by atoms with Crippen LogP contribution in [0.4, 0.5) is 0 Å². The predicted octanol–water partition coefficient (Wildman–Crippen LogP) is 3.49. The van der Waals surface area contributed by atoms with E-state index in [0.717, 1.165) is 41.2 Å². The van der Waals surface area contributed by atoms with Crippen molar-refractivity contribution >= 4 is 27.7 Å². The molecule has 0 saturated carbocycles. The highest BCUT2D eigenvalue weighted by molar-refractivity contribution is 9.10. The van der Waals surface area contributed by atoms with Crippen LogP contribution >= 0.6 is 27.7 Å². The van der Waals surface area contributed by atoms with Crippen LogP contribution < -0.4 is 5.73 Å². The first-order valence-corrected chi connectivity index (χ1v) is 9.01. The lowest BCUT2D eigenvalue weighted by Crippen LogP contribution is -2.27. The highest BCUT2D eigenvalue weighted by Gasteiger charge is 2.16. The third-order valence-electron chi connectivity index (χ3n) is 2.93. The first-order chi connectivity index (χ1) is 8.99. The average molecular weight is 348 g/mol. The van der Waals surface area contributed by atoms with Crippen molar-refractivity contribution in [2.24, 2.45) is 11.7 Å². The molecule has 0 bridgehead atoms. The molecular formula is C14H26BrN3S. The highest BCUT2D eigenvalue weighted by Crippen LogP contribution is 2.24. The standard InChI is InChI=1S/C14H26BrN3S/c1-5-12-14(15)13(18(6-2)17-12)7-11(16)9-19-8-10(3)4/h10-11H,5-9,16H2,1-4H3. The number of aromatic nitrogens is 2. The Morgan fingerprint density at radius 3 is 2.53 bits per heavy atom. The number of rotatable bonds is 8. The summed E-state index contributed by atoms with van der Waals surface area (Å²) in [4.78, 5) is 0. The summed E-state index contributed by atoms with van der Waals surface area (Å²) in [6.07, 6.45) is 1.85. The molecule has 5 heteroatoms. The Morgan fingerprint density at radius 2 is 2.00 bits per heavy atom. The largest absolute Gasteiger partial charge is 0.327 e. The van der Waals surface area contributed by atoms with Gasteiger partial charge >= 0.3 is 0 Å². The molecule has 19 heavy (non-hydrogen) atoms. The molecule has 0 aliphatic rings. The Labute approximate surface area is 129 Å². The number of halogens is 1. The number of aryl methyl sites for hydroxylation is 2. The number of hydrogen-bond acceptors (Lipinski definition) is 3. The minimum atomic E-state index is 0.201. The third-order valence-corrected chi connectivity index (χ3v) is 5.41. The molecule has 0 aliphatic heterocycles. The van der Waals surface area contributed by atoms with Crippen LogP contribution in [0.25, 0.3) is 0 Å². The second kappa shape index (κ2) is 8.32. The summed E-state index contributed by atoms with van der Waals surface area (Å²) in [6.45, 7) is 9.65. The monoisotopic (exact) mass is 347 g/mol. The van der Waals surface area contributed by atoms with Crippen LogP contribution in [0.2, 0.25) is 0 Å². The van der Waals surface area contributed by atoms with Crippen molar-refractivity contribution < 1.29 is 0 Å². The van der Waals surface area contributed by atoms with Gasteiger partial charge in [0.05, 0.1) is 15.9 Å². The lowest BCUT2D eigenvalue weighted by Gasteiger charge is -2.13. The van der Waals surface area contributed by atoms with Crippen LogP contribution in [0.15, 0.2) is 4.47 Å². The summed E-state index contributed by atoms with van der Waals surface area (Å²) in [6, 6.07) is 0.201. The summed E-state index contributed by atoms with van der Waals surface area (Å²) in [7, 11) is 0. The number of thioether (sulfide) groups is 1. The van der Waals surface area contributed by atoms with E-state index in [1.165, 1.54) is 11.4 Å². The Hall–Kier alpha value is -0.000000000000000111. The van der Waals surface area contributed by atoms with E-state index in [-0.39, 0.29) is 6.04 Å². The van der Waals surface area contributed by atoms with E-state index in [4.69, 9.17) is 5.73 Å². The Morgan fingerprint density at radius 1 is 1.32 bits per heavy atom. The lowest BCUT2D eigenvalue weighted by molar-refractivity contribution is 0.591. The molecule has 0 amide bonds. The van der Waals surface area contributed by atoms with E-state index in [0.29, 0.717) is 0 Å². The van der Waals surface area contributed by atoms with E-state index in [1.54, 1.807) is 0 Å². The van der Waals surface area contributed by atoms with Gasteiger partial charge in [-0.2, -0.15) is 16.9 Å². The van der Waals surface area contributed by atoms with E-state index < -0.39 is 0 Å². The maximum Gasteiger partial charge on any atom is 0.0766 e. The minimum absolute atomic E-state index is 0.201. The summed E-state index contributed by atoms with van der Waals surface area (Å²) >= 11 is 5.63. The number of hydrogen-bond donors (Lipinski definition) is 1. The van der Waals surface area contributed by atoms with Crippen molar-refractivity contribution in [3.8, 4) is 0 Å². The van der Waals surface area contributed by atoms with Crippen molar-refractivity contribution in [1.82, 2.24) is 9.78 Å². The molecule has 0 aliphatic carbocycles.